The first kappa shape index (κ1) is 14.1. The van der Waals surface area contributed by atoms with Gasteiger partial charge in [-0.25, -0.2) is 4.98 Å². The minimum absolute atomic E-state index is 0.0153. The first-order valence-corrected chi connectivity index (χ1v) is 6.53. The zero-order valence-corrected chi connectivity index (χ0v) is 11.7. The summed E-state index contributed by atoms with van der Waals surface area (Å²) in [5.74, 6) is 0.515. The van der Waals surface area contributed by atoms with E-state index < -0.39 is 0 Å². The van der Waals surface area contributed by atoms with Crippen LogP contribution in [-0.4, -0.2) is 18.0 Å². The fourth-order valence-electron chi connectivity index (χ4n) is 1.92. The van der Waals surface area contributed by atoms with Crippen LogP contribution in [0.15, 0.2) is 42.6 Å². The number of carbonyl (C=O) groups is 1. The number of benzene rings is 1. The highest BCUT2D eigenvalue weighted by Crippen LogP contribution is 2.12. The second-order valence-electron chi connectivity index (χ2n) is 4.63. The number of carbonyl (C=O) groups excluding carboxylic acids is 1. The summed E-state index contributed by atoms with van der Waals surface area (Å²) in [5, 5.41) is 2.82. The first-order chi connectivity index (χ1) is 9.67. The van der Waals surface area contributed by atoms with E-state index in [2.05, 4.69) is 16.4 Å². The molecule has 0 atom stereocenters. The monoisotopic (exact) mass is 270 g/mol. The molecule has 0 aliphatic carbocycles. The summed E-state index contributed by atoms with van der Waals surface area (Å²) in [6, 6.07) is 11.7. The zero-order valence-electron chi connectivity index (χ0n) is 11.7. The third kappa shape index (κ3) is 4.09. The van der Waals surface area contributed by atoms with E-state index in [1.807, 2.05) is 25.1 Å². The van der Waals surface area contributed by atoms with Gasteiger partial charge in [-0.3, -0.25) is 4.79 Å². The Hall–Kier alpha value is -2.36. The second kappa shape index (κ2) is 6.70. The van der Waals surface area contributed by atoms with Crippen LogP contribution in [0.25, 0.3) is 0 Å². The van der Waals surface area contributed by atoms with Crippen LogP contribution in [0.5, 0.6) is 5.88 Å². The predicted octanol–water partition coefficient (Wildman–Crippen LogP) is 2.97. The van der Waals surface area contributed by atoms with Gasteiger partial charge in [0, 0.05) is 12.5 Å². The van der Waals surface area contributed by atoms with Crippen molar-refractivity contribution in [1.29, 1.82) is 0 Å². The standard InChI is InChI=1S/C16H18N2O2/c1-12-4-3-5-13(10-12)6-8-15(19)18-14-7-9-16(20-2)17-11-14/h3-5,7,9-11H,6,8H2,1-2H3,(H,18,19). The van der Waals surface area contributed by atoms with Crippen molar-refractivity contribution in [3.05, 3.63) is 53.7 Å². The van der Waals surface area contributed by atoms with Crippen molar-refractivity contribution in [3.8, 4) is 5.88 Å². The fourth-order valence-corrected chi connectivity index (χ4v) is 1.92. The van der Waals surface area contributed by atoms with Gasteiger partial charge in [-0.2, -0.15) is 0 Å². The Bertz CT molecular complexity index is 579. The topological polar surface area (TPSA) is 51.2 Å². The van der Waals surface area contributed by atoms with Gasteiger partial charge in [0.1, 0.15) is 0 Å². The van der Waals surface area contributed by atoms with Crippen LogP contribution in [0.4, 0.5) is 5.69 Å². The second-order valence-corrected chi connectivity index (χ2v) is 4.63. The third-order valence-corrected chi connectivity index (χ3v) is 2.95. The molecule has 0 fully saturated rings. The van der Waals surface area contributed by atoms with Gasteiger partial charge in [0.05, 0.1) is 19.0 Å². The molecule has 0 saturated heterocycles. The Morgan fingerprint density at radius 1 is 1.30 bits per heavy atom. The van der Waals surface area contributed by atoms with Gasteiger partial charge in [-0.15, -0.1) is 0 Å². The molecule has 2 rings (SSSR count). The van der Waals surface area contributed by atoms with E-state index in [1.54, 1.807) is 25.4 Å². The highest BCUT2D eigenvalue weighted by atomic mass is 16.5. The summed E-state index contributed by atoms with van der Waals surface area (Å²) < 4.78 is 4.97. The lowest BCUT2D eigenvalue weighted by Gasteiger charge is -2.06. The van der Waals surface area contributed by atoms with Gasteiger partial charge >= 0.3 is 0 Å². The molecule has 0 unspecified atom stereocenters. The minimum atomic E-state index is -0.0153. The number of ether oxygens (including phenoxy) is 1. The summed E-state index contributed by atoms with van der Waals surface area (Å²) in [7, 11) is 1.56. The Labute approximate surface area is 118 Å². The van der Waals surface area contributed by atoms with E-state index >= 15 is 0 Å². The lowest BCUT2D eigenvalue weighted by Crippen LogP contribution is -2.12. The summed E-state index contributed by atoms with van der Waals surface area (Å²) in [6.45, 7) is 2.05. The van der Waals surface area contributed by atoms with E-state index in [0.29, 0.717) is 18.0 Å². The van der Waals surface area contributed by atoms with Crippen LogP contribution in [0.1, 0.15) is 17.5 Å². The Morgan fingerprint density at radius 3 is 2.80 bits per heavy atom. The summed E-state index contributed by atoms with van der Waals surface area (Å²) in [5.41, 5.74) is 3.07. The number of amides is 1. The van der Waals surface area contributed by atoms with Crippen molar-refractivity contribution >= 4 is 11.6 Å². The number of nitrogens with one attached hydrogen (secondary N) is 1. The molecular weight excluding hydrogens is 252 g/mol. The zero-order chi connectivity index (χ0) is 14.4. The largest absolute Gasteiger partial charge is 0.481 e. The number of methoxy groups -OCH3 is 1. The number of rotatable bonds is 5. The Balaban J connectivity index is 1.85. The number of hydrogen-bond donors (Lipinski definition) is 1. The number of hydrogen-bond acceptors (Lipinski definition) is 3. The molecule has 1 amide bonds. The number of anilines is 1. The quantitative estimate of drug-likeness (QED) is 0.908. The van der Waals surface area contributed by atoms with Gasteiger partial charge in [0.2, 0.25) is 11.8 Å². The Kier molecular flexibility index (Phi) is 4.71. The van der Waals surface area contributed by atoms with Crippen molar-refractivity contribution in [2.75, 3.05) is 12.4 Å². The molecule has 20 heavy (non-hydrogen) atoms. The molecule has 0 radical (unpaired) electrons. The molecule has 1 N–H and O–H groups in total. The number of aryl methyl sites for hydroxylation is 2. The molecule has 0 aliphatic heterocycles. The summed E-state index contributed by atoms with van der Waals surface area (Å²) >= 11 is 0. The number of aromatic nitrogens is 1. The van der Waals surface area contributed by atoms with Crippen LogP contribution in [0.2, 0.25) is 0 Å². The average molecular weight is 270 g/mol. The van der Waals surface area contributed by atoms with Crippen molar-refractivity contribution in [1.82, 2.24) is 4.98 Å². The van der Waals surface area contributed by atoms with Crippen molar-refractivity contribution in [2.45, 2.75) is 19.8 Å². The van der Waals surface area contributed by atoms with Gasteiger partial charge < -0.3 is 10.1 Å². The lowest BCUT2D eigenvalue weighted by molar-refractivity contribution is -0.116. The molecule has 2 aromatic rings. The minimum Gasteiger partial charge on any atom is -0.481 e. The van der Waals surface area contributed by atoms with Gasteiger partial charge in [-0.1, -0.05) is 29.8 Å². The highest BCUT2D eigenvalue weighted by molar-refractivity contribution is 5.90. The molecule has 4 heteroatoms. The SMILES string of the molecule is COc1ccc(NC(=O)CCc2cccc(C)c2)cn1. The Morgan fingerprint density at radius 2 is 2.15 bits per heavy atom. The molecule has 0 bridgehead atoms. The summed E-state index contributed by atoms with van der Waals surface area (Å²) in [4.78, 5) is 15.9. The van der Waals surface area contributed by atoms with Crippen LogP contribution in [-0.2, 0) is 11.2 Å². The molecule has 0 aliphatic rings. The van der Waals surface area contributed by atoms with Crippen molar-refractivity contribution in [2.24, 2.45) is 0 Å². The first-order valence-electron chi connectivity index (χ1n) is 6.53. The molecule has 1 aromatic heterocycles. The average Bonchev–Trinajstić information content (AvgIpc) is 2.46. The third-order valence-electron chi connectivity index (χ3n) is 2.95. The lowest BCUT2D eigenvalue weighted by atomic mass is 10.1. The molecule has 0 saturated carbocycles. The van der Waals surface area contributed by atoms with Crippen LogP contribution >= 0.6 is 0 Å². The van der Waals surface area contributed by atoms with E-state index in [4.69, 9.17) is 4.74 Å². The smallest absolute Gasteiger partial charge is 0.224 e. The van der Waals surface area contributed by atoms with Crippen LogP contribution in [0, 0.1) is 6.92 Å². The predicted molar refractivity (Wildman–Crippen MR) is 78.9 cm³/mol. The van der Waals surface area contributed by atoms with E-state index in [1.165, 1.54) is 11.1 Å². The molecule has 0 spiro atoms. The maximum Gasteiger partial charge on any atom is 0.224 e. The van der Waals surface area contributed by atoms with E-state index in [9.17, 15) is 4.79 Å². The van der Waals surface area contributed by atoms with Gasteiger partial charge in [0.15, 0.2) is 0 Å². The van der Waals surface area contributed by atoms with Crippen molar-refractivity contribution in [3.63, 3.8) is 0 Å². The van der Waals surface area contributed by atoms with Gasteiger partial charge in [-0.05, 0) is 25.0 Å². The maximum absolute atomic E-state index is 11.9. The normalized spacial score (nSPS) is 10.1. The number of pyridine rings is 1. The molecule has 1 aromatic carbocycles. The fraction of sp³-hybridized carbons (Fsp3) is 0.250. The van der Waals surface area contributed by atoms with E-state index in [-0.39, 0.29) is 5.91 Å². The van der Waals surface area contributed by atoms with E-state index in [0.717, 1.165) is 6.42 Å². The molecule has 1 heterocycles. The molecule has 4 nitrogen and oxygen atoms in total. The molecular formula is C16H18N2O2. The highest BCUT2D eigenvalue weighted by Gasteiger charge is 2.04. The number of nitrogens with zero attached hydrogens (tertiary/aromatic N) is 1. The molecule has 104 valence electrons. The van der Waals surface area contributed by atoms with Gasteiger partial charge in [0.25, 0.3) is 0 Å². The van der Waals surface area contributed by atoms with Crippen LogP contribution in [0.3, 0.4) is 0 Å². The maximum atomic E-state index is 11.9. The van der Waals surface area contributed by atoms with Crippen molar-refractivity contribution < 1.29 is 9.53 Å². The van der Waals surface area contributed by atoms with Crippen LogP contribution < -0.4 is 10.1 Å². The summed E-state index contributed by atoms with van der Waals surface area (Å²) in [6.07, 6.45) is 2.77.